The molecule has 0 bridgehead atoms. The van der Waals surface area contributed by atoms with Crippen molar-refractivity contribution < 1.29 is 24.4 Å². The number of aliphatic carboxylic acids is 1. The second-order valence-corrected chi connectivity index (χ2v) is 2.85. The van der Waals surface area contributed by atoms with Gasteiger partial charge >= 0.3 is 11.9 Å². The number of benzene rings is 1. The van der Waals surface area contributed by atoms with Gasteiger partial charge in [-0.3, -0.25) is 10.1 Å². The van der Waals surface area contributed by atoms with Crippen LogP contribution in [0.15, 0.2) is 36.6 Å². The number of carbonyl (C=O) groups excluding carboxylic acids is 1. The second kappa shape index (κ2) is 5.40. The molecule has 0 atom stereocenters. The monoisotopic (exact) mass is 237 g/mol. The molecule has 1 N–H and O–H groups in total. The molecule has 0 aliphatic carbocycles. The van der Waals surface area contributed by atoms with E-state index in [-0.39, 0.29) is 11.3 Å². The molecule has 7 nitrogen and oxygen atoms in total. The van der Waals surface area contributed by atoms with Crippen LogP contribution in [-0.4, -0.2) is 22.0 Å². The van der Waals surface area contributed by atoms with Crippen LogP contribution in [0.1, 0.15) is 10.4 Å². The molecule has 7 heteroatoms. The average molecular weight is 237 g/mol. The SMILES string of the molecule is O=C(O)/C=C/OC(=O)c1ccc([N+](=O)[O-])cc1. The molecule has 0 saturated carbocycles. The van der Waals surface area contributed by atoms with Gasteiger partial charge in [-0.15, -0.1) is 0 Å². The third kappa shape index (κ3) is 3.74. The van der Waals surface area contributed by atoms with Crippen LogP contribution >= 0.6 is 0 Å². The number of ether oxygens (including phenoxy) is 1. The van der Waals surface area contributed by atoms with Gasteiger partial charge in [-0.25, -0.2) is 9.59 Å². The van der Waals surface area contributed by atoms with Crippen molar-refractivity contribution in [1.82, 2.24) is 0 Å². The van der Waals surface area contributed by atoms with Gasteiger partial charge in [0.1, 0.15) is 6.26 Å². The van der Waals surface area contributed by atoms with Crippen LogP contribution in [0, 0.1) is 10.1 Å². The first-order valence-corrected chi connectivity index (χ1v) is 4.35. The van der Waals surface area contributed by atoms with Gasteiger partial charge in [0.25, 0.3) is 5.69 Å². The minimum atomic E-state index is -1.25. The minimum Gasteiger partial charge on any atom is -0.478 e. The van der Waals surface area contributed by atoms with Gasteiger partial charge in [0, 0.05) is 12.1 Å². The Hall–Kier alpha value is -2.70. The molecule has 0 unspecified atom stereocenters. The van der Waals surface area contributed by atoms with E-state index in [0.29, 0.717) is 6.08 Å². The molecule has 0 amide bonds. The Kier molecular flexibility index (Phi) is 3.93. The lowest BCUT2D eigenvalue weighted by Crippen LogP contribution is -2.01. The zero-order valence-electron chi connectivity index (χ0n) is 8.40. The van der Waals surface area contributed by atoms with Crippen molar-refractivity contribution >= 4 is 17.6 Å². The average Bonchev–Trinajstić information content (AvgIpc) is 2.28. The highest BCUT2D eigenvalue weighted by atomic mass is 16.6. The summed E-state index contributed by atoms with van der Waals surface area (Å²) >= 11 is 0. The quantitative estimate of drug-likeness (QED) is 0.278. The van der Waals surface area contributed by atoms with E-state index in [1.807, 2.05) is 0 Å². The lowest BCUT2D eigenvalue weighted by atomic mass is 10.2. The molecule has 0 radical (unpaired) electrons. The Balaban J connectivity index is 2.70. The summed E-state index contributed by atoms with van der Waals surface area (Å²) in [6.45, 7) is 0. The van der Waals surface area contributed by atoms with Gasteiger partial charge in [0.15, 0.2) is 0 Å². The van der Waals surface area contributed by atoms with Crippen molar-refractivity contribution in [1.29, 1.82) is 0 Å². The van der Waals surface area contributed by atoms with E-state index >= 15 is 0 Å². The molecular formula is C10H7NO6. The van der Waals surface area contributed by atoms with Crippen molar-refractivity contribution in [3.63, 3.8) is 0 Å². The summed E-state index contributed by atoms with van der Waals surface area (Å²) in [6.07, 6.45) is 1.38. The summed E-state index contributed by atoms with van der Waals surface area (Å²) in [7, 11) is 0. The van der Waals surface area contributed by atoms with Crippen LogP contribution in [0.5, 0.6) is 0 Å². The van der Waals surface area contributed by atoms with E-state index in [0.717, 1.165) is 18.4 Å². The van der Waals surface area contributed by atoms with Crippen LogP contribution in [0.2, 0.25) is 0 Å². The molecule has 88 valence electrons. The highest BCUT2D eigenvalue weighted by Crippen LogP contribution is 2.12. The first-order valence-electron chi connectivity index (χ1n) is 4.35. The number of nitrogens with zero attached hydrogens (tertiary/aromatic N) is 1. The van der Waals surface area contributed by atoms with E-state index in [9.17, 15) is 19.7 Å². The maximum Gasteiger partial charge on any atom is 0.342 e. The molecule has 1 rings (SSSR count). The summed E-state index contributed by atoms with van der Waals surface area (Å²) in [5.41, 5.74) is -0.0618. The van der Waals surface area contributed by atoms with Gasteiger partial charge < -0.3 is 9.84 Å². The maximum absolute atomic E-state index is 11.3. The Morgan fingerprint density at radius 3 is 2.35 bits per heavy atom. The maximum atomic E-state index is 11.3. The van der Waals surface area contributed by atoms with Crippen molar-refractivity contribution in [3.8, 4) is 0 Å². The number of nitro groups is 1. The molecule has 0 heterocycles. The zero-order chi connectivity index (χ0) is 12.8. The molecule has 0 spiro atoms. The topological polar surface area (TPSA) is 107 Å². The van der Waals surface area contributed by atoms with Crippen LogP contribution in [0.4, 0.5) is 5.69 Å². The van der Waals surface area contributed by atoms with E-state index in [1.54, 1.807) is 0 Å². The Morgan fingerprint density at radius 2 is 1.88 bits per heavy atom. The van der Waals surface area contributed by atoms with Gasteiger partial charge in [-0.1, -0.05) is 0 Å². The van der Waals surface area contributed by atoms with Crippen LogP contribution < -0.4 is 0 Å². The van der Waals surface area contributed by atoms with Gasteiger partial charge in [-0.2, -0.15) is 0 Å². The number of carboxylic acid groups (broad SMARTS) is 1. The van der Waals surface area contributed by atoms with E-state index < -0.39 is 16.9 Å². The van der Waals surface area contributed by atoms with Crippen molar-refractivity contribution in [2.75, 3.05) is 0 Å². The third-order valence-corrected chi connectivity index (χ3v) is 1.70. The van der Waals surface area contributed by atoms with E-state index in [1.165, 1.54) is 12.1 Å². The van der Waals surface area contributed by atoms with Crippen molar-refractivity contribution in [2.45, 2.75) is 0 Å². The first-order chi connectivity index (χ1) is 8.00. The van der Waals surface area contributed by atoms with Crippen LogP contribution in [0.3, 0.4) is 0 Å². The highest BCUT2D eigenvalue weighted by Gasteiger charge is 2.09. The molecule has 1 aromatic rings. The number of carboxylic acids is 1. The smallest absolute Gasteiger partial charge is 0.342 e. The fourth-order valence-corrected chi connectivity index (χ4v) is 0.941. The number of nitro benzene ring substituents is 1. The molecule has 1 aromatic carbocycles. The first kappa shape index (κ1) is 12.4. The summed E-state index contributed by atoms with van der Waals surface area (Å²) in [4.78, 5) is 31.1. The molecule has 0 fully saturated rings. The number of carbonyl (C=O) groups is 2. The summed E-state index contributed by atoms with van der Waals surface area (Å²) in [5.74, 6) is -2.04. The van der Waals surface area contributed by atoms with Crippen LogP contribution in [-0.2, 0) is 9.53 Å². The fraction of sp³-hybridized carbons (Fsp3) is 0. The molecule has 0 aromatic heterocycles. The molecule has 0 saturated heterocycles. The lowest BCUT2D eigenvalue weighted by molar-refractivity contribution is -0.384. The Labute approximate surface area is 95.1 Å². The van der Waals surface area contributed by atoms with Gasteiger partial charge in [0.05, 0.1) is 16.6 Å². The number of hydrogen-bond donors (Lipinski definition) is 1. The Morgan fingerprint density at radius 1 is 1.29 bits per heavy atom. The number of hydrogen-bond acceptors (Lipinski definition) is 5. The predicted octanol–water partition coefficient (Wildman–Crippen LogP) is 1.35. The molecule has 0 aliphatic rings. The summed E-state index contributed by atoms with van der Waals surface area (Å²) < 4.78 is 4.47. The third-order valence-electron chi connectivity index (χ3n) is 1.70. The predicted molar refractivity (Wildman–Crippen MR) is 55.3 cm³/mol. The summed E-state index contributed by atoms with van der Waals surface area (Å²) in [6, 6.07) is 4.74. The highest BCUT2D eigenvalue weighted by molar-refractivity contribution is 5.90. The lowest BCUT2D eigenvalue weighted by Gasteiger charge is -1.98. The second-order valence-electron chi connectivity index (χ2n) is 2.85. The largest absolute Gasteiger partial charge is 0.478 e. The zero-order valence-corrected chi connectivity index (χ0v) is 8.40. The summed E-state index contributed by atoms with van der Waals surface area (Å²) in [5, 5.41) is 18.6. The van der Waals surface area contributed by atoms with E-state index in [2.05, 4.69) is 4.74 Å². The molecular weight excluding hydrogens is 230 g/mol. The molecule has 0 aliphatic heterocycles. The minimum absolute atomic E-state index is 0.0886. The fourth-order valence-electron chi connectivity index (χ4n) is 0.941. The van der Waals surface area contributed by atoms with Crippen LogP contribution in [0.25, 0.3) is 0 Å². The van der Waals surface area contributed by atoms with E-state index in [4.69, 9.17) is 5.11 Å². The van der Waals surface area contributed by atoms with Crippen molar-refractivity contribution in [2.24, 2.45) is 0 Å². The normalized spacial score (nSPS) is 10.1. The molecule has 17 heavy (non-hydrogen) atoms. The number of rotatable bonds is 4. The van der Waals surface area contributed by atoms with Crippen molar-refractivity contribution in [3.05, 3.63) is 52.3 Å². The number of non-ortho nitro benzene ring substituents is 1. The van der Waals surface area contributed by atoms with Gasteiger partial charge in [0.2, 0.25) is 0 Å². The standard InChI is InChI=1S/C10H7NO6/c12-9(13)5-6-17-10(14)7-1-3-8(4-2-7)11(15)16/h1-6H,(H,12,13)/b6-5+. The Bertz CT molecular complexity index is 476. The van der Waals surface area contributed by atoms with Gasteiger partial charge in [-0.05, 0) is 12.1 Å². The number of esters is 1.